The summed E-state index contributed by atoms with van der Waals surface area (Å²) in [6.45, 7) is 6.79. The second-order valence-corrected chi connectivity index (χ2v) is 6.35. The van der Waals surface area contributed by atoms with E-state index in [0.717, 1.165) is 0 Å². The van der Waals surface area contributed by atoms with Crippen molar-refractivity contribution in [2.45, 2.75) is 33.3 Å². The Hall–Kier alpha value is -2.57. The summed E-state index contributed by atoms with van der Waals surface area (Å²) in [7, 11) is 2.77. The molecule has 1 aromatic carbocycles. The van der Waals surface area contributed by atoms with Gasteiger partial charge in [-0.15, -0.1) is 0 Å². The molecule has 0 atom stereocenters. The summed E-state index contributed by atoms with van der Waals surface area (Å²) >= 11 is 0. The van der Waals surface area contributed by atoms with Crippen LogP contribution < -0.4 is 5.32 Å². The predicted octanol–water partition coefficient (Wildman–Crippen LogP) is 2.59. The van der Waals surface area contributed by atoms with Crippen LogP contribution in [-0.2, 0) is 14.3 Å². The molecule has 1 N–H and O–H groups in total. The van der Waals surface area contributed by atoms with Crippen LogP contribution in [-0.4, -0.2) is 49.2 Å². The van der Waals surface area contributed by atoms with Gasteiger partial charge in [-0.2, -0.15) is 0 Å². The van der Waals surface area contributed by atoms with Crippen molar-refractivity contribution in [1.82, 2.24) is 4.90 Å². The van der Waals surface area contributed by atoms with Crippen LogP contribution in [0, 0.1) is 6.92 Å². The van der Waals surface area contributed by atoms with Crippen molar-refractivity contribution in [3.63, 3.8) is 0 Å². The Balaban J connectivity index is 2.75. The van der Waals surface area contributed by atoms with Crippen molar-refractivity contribution in [3.05, 3.63) is 29.3 Å². The molecule has 0 aliphatic carbocycles. The Morgan fingerprint density at radius 1 is 1.21 bits per heavy atom. The third kappa shape index (κ3) is 5.57. The second kappa shape index (κ2) is 7.81. The Morgan fingerprint density at radius 3 is 2.38 bits per heavy atom. The minimum atomic E-state index is -0.632. The van der Waals surface area contributed by atoms with Gasteiger partial charge in [-0.1, -0.05) is 6.07 Å². The average Bonchev–Trinajstić information content (AvgIpc) is 2.46. The lowest BCUT2D eigenvalue weighted by atomic mass is 10.1. The highest BCUT2D eigenvalue weighted by atomic mass is 16.6. The quantitative estimate of drug-likeness (QED) is 0.854. The van der Waals surface area contributed by atoms with Crippen LogP contribution in [0.4, 0.5) is 10.5 Å². The summed E-state index contributed by atoms with van der Waals surface area (Å²) in [6, 6.07) is 4.93. The second-order valence-electron chi connectivity index (χ2n) is 6.35. The molecule has 0 fully saturated rings. The zero-order valence-electron chi connectivity index (χ0n) is 14.9. The number of ether oxygens (including phenoxy) is 2. The third-order valence-electron chi connectivity index (χ3n) is 3.10. The molecule has 7 heteroatoms. The zero-order chi connectivity index (χ0) is 18.5. The number of benzene rings is 1. The maximum absolute atomic E-state index is 12.1. The van der Waals surface area contributed by atoms with Crippen molar-refractivity contribution >= 4 is 23.7 Å². The first-order chi connectivity index (χ1) is 11.0. The van der Waals surface area contributed by atoms with Gasteiger partial charge < -0.3 is 19.7 Å². The van der Waals surface area contributed by atoms with Crippen LogP contribution in [0.5, 0.6) is 0 Å². The number of nitrogens with zero attached hydrogens (tertiary/aromatic N) is 1. The van der Waals surface area contributed by atoms with Gasteiger partial charge in [-0.3, -0.25) is 4.79 Å². The van der Waals surface area contributed by atoms with E-state index in [1.54, 1.807) is 45.9 Å². The fourth-order valence-corrected chi connectivity index (χ4v) is 1.91. The van der Waals surface area contributed by atoms with Crippen molar-refractivity contribution in [2.75, 3.05) is 26.0 Å². The Morgan fingerprint density at radius 2 is 1.83 bits per heavy atom. The number of methoxy groups -OCH3 is 1. The molecule has 2 amide bonds. The van der Waals surface area contributed by atoms with Crippen molar-refractivity contribution in [2.24, 2.45) is 0 Å². The molecule has 0 bridgehead atoms. The zero-order valence-corrected chi connectivity index (χ0v) is 14.9. The van der Waals surface area contributed by atoms with Crippen LogP contribution in [0.2, 0.25) is 0 Å². The molecular formula is C17H24N2O5. The van der Waals surface area contributed by atoms with E-state index < -0.39 is 23.6 Å². The standard InChI is InChI=1S/C17H24N2O5/c1-11-12(15(21)23-6)8-7-9-13(11)18-14(20)10-19(5)16(22)24-17(2,3)4/h7-9H,10H2,1-6H3,(H,18,20). The summed E-state index contributed by atoms with van der Waals surface area (Å²) in [4.78, 5) is 36.8. The number of carbonyl (C=O) groups is 3. The number of rotatable bonds is 4. The number of carbonyl (C=O) groups excluding carboxylic acids is 3. The molecule has 0 aliphatic rings. The van der Waals surface area contributed by atoms with Gasteiger partial charge in [0, 0.05) is 12.7 Å². The van der Waals surface area contributed by atoms with E-state index >= 15 is 0 Å². The number of esters is 1. The lowest BCUT2D eigenvalue weighted by molar-refractivity contribution is -0.117. The SMILES string of the molecule is COC(=O)c1cccc(NC(=O)CN(C)C(=O)OC(C)(C)C)c1C. The first-order valence-electron chi connectivity index (χ1n) is 7.47. The normalized spacial score (nSPS) is 10.8. The summed E-state index contributed by atoms with van der Waals surface area (Å²) in [6.07, 6.45) is -0.585. The van der Waals surface area contributed by atoms with E-state index in [2.05, 4.69) is 5.32 Å². The van der Waals surface area contributed by atoms with Crippen LogP contribution in [0.15, 0.2) is 18.2 Å². The number of hydrogen-bond acceptors (Lipinski definition) is 5. The van der Waals surface area contributed by atoms with Gasteiger partial charge in [0.05, 0.1) is 12.7 Å². The molecule has 132 valence electrons. The first kappa shape index (κ1) is 19.5. The number of anilines is 1. The highest BCUT2D eigenvalue weighted by Crippen LogP contribution is 2.19. The highest BCUT2D eigenvalue weighted by Gasteiger charge is 2.21. The molecule has 0 radical (unpaired) electrons. The molecule has 0 heterocycles. The molecule has 0 spiro atoms. The fourth-order valence-electron chi connectivity index (χ4n) is 1.91. The third-order valence-corrected chi connectivity index (χ3v) is 3.10. The van der Waals surface area contributed by atoms with Gasteiger partial charge in [-0.05, 0) is 45.4 Å². The molecule has 24 heavy (non-hydrogen) atoms. The number of nitrogens with one attached hydrogen (secondary N) is 1. The van der Waals surface area contributed by atoms with Crippen LogP contribution in [0.3, 0.4) is 0 Å². The van der Waals surface area contributed by atoms with Crippen molar-refractivity contribution < 1.29 is 23.9 Å². The number of likely N-dealkylation sites (N-methyl/N-ethyl adjacent to an activating group) is 1. The fraction of sp³-hybridized carbons (Fsp3) is 0.471. The van der Waals surface area contributed by atoms with Gasteiger partial charge in [0.25, 0.3) is 0 Å². The van der Waals surface area contributed by atoms with E-state index in [-0.39, 0.29) is 6.54 Å². The van der Waals surface area contributed by atoms with E-state index in [1.807, 2.05) is 0 Å². The Labute approximate surface area is 141 Å². The molecule has 1 rings (SSSR count). The highest BCUT2D eigenvalue weighted by molar-refractivity contribution is 5.98. The summed E-state index contributed by atoms with van der Waals surface area (Å²) in [5.74, 6) is -0.872. The molecule has 0 saturated carbocycles. The molecule has 0 unspecified atom stereocenters. The van der Waals surface area contributed by atoms with Gasteiger partial charge in [-0.25, -0.2) is 9.59 Å². The molecular weight excluding hydrogens is 312 g/mol. The van der Waals surface area contributed by atoms with E-state index in [9.17, 15) is 14.4 Å². The predicted molar refractivity (Wildman–Crippen MR) is 90.0 cm³/mol. The molecule has 0 saturated heterocycles. The van der Waals surface area contributed by atoms with Crippen LogP contribution >= 0.6 is 0 Å². The van der Waals surface area contributed by atoms with Crippen molar-refractivity contribution in [1.29, 1.82) is 0 Å². The first-order valence-corrected chi connectivity index (χ1v) is 7.47. The lowest BCUT2D eigenvalue weighted by Crippen LogP contribution is -2.38. The van der Waals surface area contributed by atoms with E-state index in [1.165, 1.54) is 19.1 Å². The van der Waals surface area contributed by atoms with Crippen molar-refractivity contribution in [3.8, 4) is 0 Å². The van der Waals surface area contributed by atoms with Gasteiger partial charge in [0.15, 0.2) is 0 Å². The monoisotopic (exact) mass is 336 g/mol. The topological polar surface area (TPSA) is 84.9 Å². The van der Waals surface area contributed by atoms with E-state index in [0.29, 0.717) is 16.8 Å². The average molecular weight is 336 g/mol. The molecule has 0 aliphatic heterocycles. The Kier molecular flexibility index (Phi) is 6.34. The van der Waals surface area contributed by atoms with Crippen LogP contribution in [0.1, 0.15) is 36.7 Å². The van der Waals surface area contributed by atoms with Gasteiger partial charge >= 0.3 is 12.1 Å². The molecule has 7 nitrogen and oxygen atoms in total. The summed E-state index contributed by atoms with van der Waals surface area (Å²) < 4.78 is 9.88. The van der Waals surface area contributed by atoms with E-state index in [4.69, 9.17) is 9.47 Å². The minimum absolute atomic E-state index is 0.170. The lowest BCUT2D eigenvalue weighted by Gasteiger charge is -2.24. The summed E-state index contributed by atoms with van der Waals surface area (Å²) in [5.41, 5.74) is 0.821. The number of amides is 2. The van der Waals surface area contributed by atoms with Gasteiger partial charge in [0.1, 0.15) is 12.1 Å². The Bertz CT molecular complexity index is 634. The summed E-state index contributed by atoms with van der Waals surface area (Å²) in [5, 5.41) is 2.68. The number of hydrogen-bond donors (Lipinski definition) is 1. The minimum Gasteiger partial charge on any atom is -0.465 e. The smallest absolute Gasteiger partial charge is 0.410 e. The van der Waals surface area contributed by atoms with Crippen LogP contribution in [0.25, 0.3) is 0 Å². The maximum Gasteiger partial charge on any atom is 0.410 e. The van der Waals surface area contributed by atoms with Gasteiger partial charge in [0.2, 0.25) is 5.91 Å². The molecule has 1 aromatic rings. The maximum atomic E-state index is 12.1. The largest absolute Gasteiger partial charge is 0.465 e. The molecule has 0 aromatic heterocycles.